The predicted molar refractivity (Wildman–Crippen MR) is 78.8 cm³/mol. The van der Waals surface area contributed by atoms with E-state index in [1.165, 1.54) is 6.33 Å². The first-order chi connectivity index (χ1) is 10.3. The molecule has 3 aromatic heterocycles. The zero-order valence-corrected chi connectivity index (χ0v) is 11.8. The van der Waals surface area contributed by atoms with Crippen molar-refractivity contribution < 1.29 is 4.39 Å². The number of aryl methyl sites for hydroxylation is 1. The first kappa shape index (κ1) is 13.5. The average molecular weight is 285 g/mol. The lowest BCUT2D eigenvalue weighted by molar-refractivity contribution is 0.596. The number of nitrogens with zero attached hydrogens (tertiary/aromatic N) is 4. The molecule has 5 nitrogen and oxygen atoms in total. The van der Waals surface area contributed by atoms with E-state index in [2.05, 4.69) is 20.3 Å². The number of nitrogens with one attached hydrogen (secondary N) is 1. The number of anilines is 1. The molecule has 3 aromatic rings. The number of fused-ring (bicyclic) bond motifs is 1. The number of rotatable bonds is 5. The van der Waals surface area contributed by atoms with E-state index in [-0.39, 0.29) is 11.6 Å². The van der Waals surface area contributed by atoms with Crippen molar-refractivity contribution in [3.05, 3.63) is 54.1 Å². The van der Waals surface area contributed by atoms with Crippen LogP contribution in [-0.2, 0) is 12.8 Å². The standard InChI is InChI=1S/C15H16FN5/c1-2-12-14(16)15(19-10-18-12)17-7-6-11-9-21-8-4-3-5-13(21)20-11/h3-5,8-10H,2,6-7H2,1H3,(H,17,18,19). The summed E-state index contributed by atoms with van der Waals surface area (Å²) in [7, 11) is 0. The van der Waals surface area contributed by atoms with Gasteiger partial charge in [0.2, 0.25) is 0 Å². The van der Waals surface area contributed by atoms with Crippen LogP contribution in [0.15, 0.2) is 36.9 Å². The maximum absolute atomic E-state index is 14.0. The van der Waals surface area contributed by atoms with Crippen molar-refractivity contribution in [3.8, 4) is 0 Å². The van der Waals surface area contributed by atoms with Gasteiger partial charge in [-0.2, -0.15) is 0 Å². The molecule has 3 heterocycles. The molecule has 0 radical (unpaired) electrons. The molecule has 0 bridgehead atoms. The Morgan fingerprint density at radius 3 is 3.00 bits per heavy atom. The van der Waals surface area contributed by atoms with E-state index in [1.54, 1.807) is 0 Å². The van der Waals surface area contributed by atoms with E-state index in [0.717, 1.165) is 11.3 Å². The lowest BCUT2D eigenvalue weighted by Gasteiger charge is -2.07. The van der Waals surface area contributed by atoms with Gasteiger partial charge < -0.3 is 9.72 Å². The van der Waals surface area contributed by atoms with E-state index >= 15 is 0 Å². The molecule has 3 rings (SSSR count). The highest BCUT2D eigenvalue weighted by Gasteiger charge is 2.09. The van der Waals surface area contributed by atoms with E-state index in [9.17, 15) is 4.39 Å². The molecule has 21 heavy (non-hydrogen) atoms. The van der Waals surface area contributed by atoms with Crippen molar-refractivity contribution in [2.45, 2.75) is 19.8 Å². The molecule has 0 fully saturated rings. The molecule has 0 aliphatic rings. The summed E-state index contributed by atoms with van der Waals surface area (Å²) in [6, 6.07) is 5.86. The molecule has 1 N–H and O–H groups in total. The van der Waals surface area contributed by atoms with Crippen LogP contribution in [0.4, 0.5) is 10.2 Å². The van der Waals surface area contributed by atoms with Crippen LogP contribution in [-0.4, -0.2) is 25.9 Å². The number of hydrogen-bond donors (Lipinski definition) is 1. The Hall–Kier alpha value is -2.50. The number of hydrogen-bond acceptors (Lipinski definition) is 4. The molecule has 0 atom stereocenters. The molecule has 0 aromatic carbocycles. The second-order valence-corrected chi connectivity index (χ2v) is 4.71. The van der Waals surface area contributed by atoms with Crippen LogP contribution >= 0.6 is 0 Å². The maximum Gasteiger partial charge on any atom is 0.186 e. The Labute approximate surface area is 121 Å². The molecule has 0 amide bonds. The van der Waals surface area contributed by atoms with E-state index in [1.807, 2.05) is 41.9 Å². The van der Waals surface area contributed by atoms with Crippen LogP contribution in [0, 0.1) is 5.82 Å². The summed E-state index contributed by atoms with van der Waals surface area (Å²) in [6.07, 6.45) is 6.57. The van der Waals surface area contributed by atoms with E-state index in [4.69, 9.17) is 0 Å². The van der Waals surface area contributed by atoms with Gasteiger partial charge in [0.25, 0.3) is 0 Å². The van der Waals surface area contributed by atoms with Crippen LogP contribution in [0.25, 0.3) is 5.65 Å². The molecular formula is C15H16FN5. The molecule has 0 aliphatic heterocycles. The van der Waals surface area contributed by atoms with Crippen molar-refractivity contribution in [1.82, 2.24) is 19.4 Å². The minimum absolute atomic E-state index is 0.255. The summed E-state index contributed by atoms with van der Waals surface area (Å²) >= 11 is 0. The maximum atomic E-state index is 14.0. The minimum atomic E-state index is -0.366. The molecule has 0 saturated heterocycles. The third kappa shape index (κ3) is 2.84. The summed E-state index contributed by atoms with van der Waals surface area (Å²) < 4.78 is 15.9. The Bertz CT molecular complexity index is 720. The average Bonchev–Trinajstić information content (AvgIpc) is 2.91. The Balaban J connectivity index is 1.66. The van der Waals surface area contributed by atoms with Gasteiger partial charge in [-0.15, -0.1) is 0 Å². The molecule has 0 unspecified atom stereocenters. The van der Waals surface area contributed by atoms with Gasteiger partial charge in [0.05, 0.1) is 11.4 Å². The number of pyridine rings is 1. The fraction of sp³-hybridized carbons (Fsp3) is 0.267. The molecule has 0 spiro atoms. The summed E-state index contributed by atoms with van der Waals surface area (Å²) in [5.74, 6) is -0.111. The monoisotopic (exact) mass is 285 g/mol. The first-order valence-corrected chi connectivity index (χ1v) is 6.93. The van der Waals surface area contributed by atoms with Crippen LogP contribution in [0.2, 0.25) is 0 Å². The van der Waals surface area contributed by atoms with Crippen molar-refractivity contribution in [2.75, 3.05) is 11.9 Å². The van der Waals surface area contributed by atoms with Crippen molar-refractivity contribution in [1.29, 1.82) is 0 Å². The van der Waals surface area contributed by atoms with Gasteiger partial charge in [-0.3, -0.25) is 0 Å². The molecular weight excluding hydrogens is 269 g/mol. The van der Waals surface area contributed by atoms with Crippen LogP contribution in [0.3, 0.4) is 0 Å². The van der Waals surface area contributed by atoms with Gasteiger partial charge in [-0.1, -0.05) is 13.0 Å². The Morgan fingerprint density at radius 1 is 1.29 bits per heavy atom. The van der Waals surface area contributed by atoms with Gasteiger partial charge in [-0.25, -0.2) is 19.3 Å². The minimum Gasteiger partial charge on any atom is -0.367 e. The fourth-order valence-corrected chi connectivity index (χ4v) is 2.19. The number of imidazole rings is 1. The quantitative estimate of drug-likeness (QED) is 0.782. The third-order valence-electron chi connectivity index (χ3n) is 3.28. The van der Waals surface area contributed by atoms with Crippen LogP contribution < -0.4 is 5.32 Å². The molecule has 6 heteroatoms. The van der Waals surface area contributed by atoms with Crippen molar-refractivity contribution in [2.24, 2.45) is 0 Å². The summed E-state index contributed by atoms with van der Waals surface area (Å²) in [4.78, 5) is 12.3. The summed E-state index contributed by atoms with van der Waals surface area (Å²) in [6.45, 7) is 2.44. The summed E-state index contributed by atoms with van der Waals surface area (Å²) in [5.41, 5.74) is 2.30. The summed E-state index contributed by atoms with van der Waals surface area (Å²) in [5, 5.41) is 3.01. The van der Waals surface area contributed by atoms with Crippen molar-refractivity contribution >= 4 is 11.5 Å². The highest BCUT2D eigenvalue weighted by molar-refractivity contribution is 5.40. The van der Waals surface area contributed by atoms with Gasteiger partial charge >= 0.3 is 0 Å². The second-order valence-electron chi connectivity index (χ2n) is 4.71. The largest absolute Gasteiger partial charge is 0.367 e. The smallest absolute Gasteiger partial charge is 0.186 e. The van der Waals surface area contributed by atoms with Gasteiger partial charge in [0.1, 0.15) is 12.0 Å². The molecule has 108 valence electrons. The normalized spacial score (nSPS) is 11.0. The second kappa shape index (κ2) is 5.87. The van der Waals surface area contributed by atoms with Crippen molar-refractivity contribution in [3.63, 3.8) is 0 Å². The van der Waals surface area contributed by atoms with Gasteiger partial charge in [0, 0.05) is 25.4 Å². The fourth-order valence-electron chi connectivity index (χ4n) is 2.19. The lowest BCUT2D eigenvalue weighted by atomic mass is 10.3. The highest BCUT2D eigenvalue weighted by Crippen LogP contribution is 2.13. The zero-order valence-electron chi connectivity index (χ0n) is 11.8. The lowest BCUT2D eigenvalue weighted by Crippen LogP contribution is -2.10. The SMILES string of the molecule is CCc1ncnc(NCCc2cn3ccccc3n2)c1F. The van der Waals surface area contributed by atoms with Gasteiger partial charge in [0.15, 0.2) is 11.6 Å². The predicted octanol–water partition coefficient (Wildman–Crippen LogP) is 2.48. The molecule has 0 saturated carbocycles. The number of halogens is 1. The van der Waals surface area contributed by atoms with E-state index < -0.39 is 0 Å². The highest BCUT2D eigenvalue weighted by atomic mass is 19.1. The third-order valence-corrected chi connectivity index (χ3v) is 3.28. The Kier molecular flexibility index (Phi) is 3.77. The van der Waals surface area contributed by atoms with Crippen LogP contribution in [0.1, 0.15) is 18.3 Å². The first-order valence-electron chi connectivity index (χ1n) is 6.93. The topological polar surface area (TPSA) is 55.1 Å². The van der Waals surface area contributed by atoms with Gasteiger partial charge in [-0.05, 0) is 18.6 Å². The Morgan fingerprint density at radius 2 is 2.19 bits per heavy atom. The zero-order chi connectivity index (χ0) is 14.7. The number of aromatic nitrogens is 4. The van der Waals surface area contributed by atoms with Crippen LogP contribution in [0.5, 0.6) is 0 Å². The van der Waals surface area contributed by atoms with E-state index in [0.29, 0.717) is 25.1 Å². The molecule has 0 aliphatic carbocycles.